The Balaban J connectivity index is 2.25. The molecule has 4 heteroatoms. The molecule has 1 aliphatic heterocycles. The van der Waals surface area contributed by atoms with E-state index in [-0.39, 0.29) is 0 Å². The van der Waals surface area contributed by atoms with Crippen LogP contribution in [0.1, 0.15) is 25.1 Å². The molecule has 19 heavy (non-hydrogen) atoms. The summed E-state index contributed by atoms with van der Waals surface area (Å²) in [6.45, 7) is 8.65. The van der Waals surface area contributed by atoms with Crippen molar-refractivity contribution in [3.63, 3.8) is 0 Å². The van der Waals surface area contributed by atoms with Crippen molar-refractivity contribution in [1.82, 2.24) is 15.2 Å². The predicted octanol–water partition coefficient (Wildman–Crippen LogP) is 1.50. The maximum atomic E-state index is 4.81. The normalized spacial score (nSPS) is 20.8. The number of likely N-dealkylation sites (N-methyl/N-ethyl adjacent to an activating group) is 1. The zero-order valence-electron chi connectivity index (χ0n) is 12.6. The Morgan fingerprint density at radius 2 is 2.16 bits per heavy atom. The van der Waals surface area contributed by atoms with Crippen LogP contribution in [0, 0.1) is 0 Å². The van der Waals surface area contributed by atoms with Crippen molar-refractivity contribution in [2.24, 2.45) is 0 Å². The third kappa shape index (κ3) is 3.45. The molecule has 0 radical (unpaired) electrons. The van der Waals surface area contributed by atoms with Gasteiger partial charge in [0.15, 0.2) is 0 Å². The molecule has 2 heterocycles. The Kier molecular flexibility index (Phi) is 4.77. The summed E-state index contributed by atoms with van der Waals surface area (Å²) in [6.07, 6.45) is 0.993. The van der Waals surface area contributed by atoms with Crippen molar-refractivity contribution >= 4 is 5.82 Å². The molecular weight excluding hydrogens is 236 g/mol. The van der Waals surface area contributed by atoms with Gasteiger partial charge in [-0.15, -0.1) is 0 Å². The first-order valence-corrected chi connectivity index (χ1v) is 7.23. The summed E-state index contributed by atoms with van der Waals surface area (Å²) < 4.78 is 0. The van der Waals surface area contributed by atoms with Crippen LogP contribution < -0.4 is 10.2 Å². The Bertz CT molecular complexity index is 419. The third-order valence-corrected chi connectivity index (χ3v) is 3.79. The van der Waals surface area contributed by atoms with Gasteiger partial charge in [-0.05, 0) is 45.1 Å². The Hall–Kier alpha value is -1.13. The van der Waals surface area contributed by atoms with Gasteiger partial charge in [0.05, 0.1) is 0 Å². The average Bonchev–Trinajstić information content (AvgIpc) is 2.38. The van der Waals surface area contributed by atoms with E-state index in [2.05, 4.69) is 48.1 Å². The number of aromatic nitrogens is 1. The number of hydrogen-bond donors (Lipinski definition) is 1. The first-order valence-electron chi connectivity index (χ1n) is 7.23. The standard InChI is InChI=1S/C15H26N4/c1-5-14-8-13(10-16-3)9-15(17-14)19-7-6-18(4)11-12(19)2/h8-9,12,16H,5-7,10-11H2,1-4H3. The van der Waals surface area contributed by atoms with Crippen LogP contribution >= 0.6 is 0 Å². The van der Waals surface area contributed by atoms with Gasteiger partial charge in [-0.2, -0.15) is 0 Å². The molecule has 1 aromatic heterocycles. The first kappa shape index (κ1) is 14.3. The smallest absolute Gasteiger partial charge is 0.129 e. The van der Waals surface area contributed by atoms with Crippen LogP contribution in [-0.2, 0) is 13.0 Å². The highest BCUT2D eigenvalue weighted by Crippen LogP contribution is 2.20. The number of aryl methyl sites for hydroxylation is 1. The van der Waals surface area contributed by atoms with Crippen molar-refractivity contribution in [2.75, 3.05) is 38.6 Å². The predicted molar refractivity (Wildman–Crippen MR) is 80.7 cm³/mol. The molecule has 106 valence electrons. The van der Waals surface area contributed by atoms with Crippen molar-refractivity contribution in [2.45, 2.75) is 32.9 Å². The van der Waals surface area contributed by atoms with Gasteiger partial charge in [-0.1, -0.05) is 6.92 Å². The largest absolute Gasteiger partial charge is 0.351 e. The molecule has 4 nitrogen and oxygen atoms in total. The fourth-order valence-electron chi connectivity index (χ4n) is 2.75. The van der Waals surface area contributed by atoms with Gasteiger partial charge in [0.2, 0.25) is 0 Å². The summed E-state index contributed by atoms with van der Waals surface area (Å²) in [4.78, 5) is 9.64. The molecule has 1 fully saturated rings. The van der Waals surface area contributed by atoms with E-state index in [4.69, 9.17) is 4.98 Å². The lowest BCUT2D eigenvalue weighted by Crippen LogP contribution is -2.50. The summed E-state index contributed by atoms with van der Waals surface area (Å²) in [7, 11) is 4.18. The Morgan fingerprint density at radius 3 is 2.79 bits per heavy atom. The number of nitrogens with zero attached hydrogens (tertiary/aromatic N) is 3. The minimum atomic E-state index is 0.529. The van der Waals surface area contributed by atoms with Gasteiger partial charge in [-0.25, -0.2) is 4.98 Å². The van der Waals surface area contributed by atoms with Gasteiger partial charge in [-0.3, -0.25) is 0 Å². The molecule has 1 N–H and O–H groups in total. The lowest BCUT2D eigenvalue weighted by molar-refractivity contribution is 0.274. The number of rotatable bonds is 4. The summed E-state index contributed by atoms with van der Waals surface area (Å²) >= 11 is 0. The lowest BCUT2D eigenvalue weighted by Gasteiger charge is -2.39. The van der Waals surface area contributed by atoms with E-state index in [1.54, 1.807) is 0 Å². The highest BCUT2D eigenvalue weighted by molar-refractivity contribution is 5.44. The first-order chi connectivity index (χ1) is 9.13. The molecule has 0 spiro atoms. The Labute approximate surface area is 116 Å². The zero-order chi connectivity index (χ0) is 13.8. The minimum absolute atomic E-state index is 0.529. The van der Waals surface area contributed by atoms with Crippen molar-refractivity contribution < 1.29 is 0 Å². The monoisotopic (exact) mass is 262 g/mol. The van der Waals surface area contributed by atoms with E-state index >= 15 is 0 Å². The number of pyridine rings is 1. The lowest BCUT2D eigenvalue weighted by atomic mass is 10.1. The van der Waals surface area contributed by atoms with Crippen LogP contribution in [0.3, 0.4) is 0 Å². The maximum absolute atomic E-state index is 4.81. The second kappa shape index (κ2) is 6.35. The van der Waals surface area contributed by atoms with Crippen molar-refractivity contribution in [3.05, 3.63) is 23.4 Å². The summed E-state index contributed by atoms with van der Waals surface area (Å²) in [5, 5.41) is 3.23. The fourth-order valence-corrected chi connectivity index (χ4v) is 2.75. The number of piperazine rings is 1. The van der Waals surface area contributed by atoms with E-state index < -0.39 is 0 Å². The topological polar surface area (TPSA) is 31.4 Å². The Morgan fingerprint density at radius 1 is 1.37 bits per heavy atom. The molecule has 0 bridgehead atoms. The quantitative estimate of drug-likeness (QED) is 0.891. The van der Waals surface area contributed by atoms with Crippen LogP contribution in [0.15, 0.2) is 12.1 Å². The second-order valence-electron chi connectivity index (χ2n) is 5.51. The molecular formula is C15H26N4. The van der Waals surface area contributed by atoms with Gasteiger partial charge in [0.1, 0.15) is 5.82 Å². The van der Waals surface area contributed by atoms with E-state index in [1.165, 1.54) is 11.3 Å². The van der Waals surface area contributed by atoms with Gasteiger partial charge >= 0.3 is 0 Å². The molecule has 0 aliphatic carbocycles. The summed E-state index contributed by atoms with van der Waals surface area (Å²) in [6, 6.07) is 4.97. The second-order valence-corrected chi connectivity index (χ2v) is 5.51. The molecule has 1 unspecified atom stereocenters. The molecule has 2 rings (SSSR count). The zero-order valence-corrected chi connectivity index (χ0v) is 12.6. The highest BCUT2D eigenvalue weighted by atomic mass is 15.3. The van der Waals surface area contributed by atoms with E-state index in [9.17, 15) is 0 Å². The molecule has 1 atom stereocenters. The molecule has 1 aliphatic rings. The molecule has 0 saturated carbocycles. The van der Waals surface area contributed by atoms with Gasteiger partial charge in [0.25, 0.3) is 0 Å². The van der Waals surface area contributed by atoms with E-state index in [0.717, 1.165) is 38.4 Å². The van der Waals surface area contributed by atoms with Gasteiger partial charge < -0.3 is 15.1 Å². The number of anilines is 1. The highest BCUT2D eigenvalue weighted by Gasteiger charge is 2.23. The minimum Gasteiger partial charge on any atom is -0.351 e. The van der Waals surface area contributed by atoms with Crippen molar-refractivity contribution in [1.29, 1.82) is 0 Å². The SMILES string of the molecule is CCc1cc(CNC)cc(N2CCN(C)CC2C)n1. The van der Waals surface area contributed by atoms with Crippen LogP contribution in [-0.4, -0.2) is 49.7 Å². The van der Waals surface area contributed by atoms with Gasteiger partial charge in [0, 0.05) is 37.9 Å². The van der Waals surface area contributed by atoms with Crippen LogP contribution in [0.2, 0.25) is 0 Å². The summed E-state index contributed by atoms with van der Waals surface area (Å²) in [5.74, 6) is 1.14. The molecule has 0 aromatic carbocycles. The number of nitrogens with one attached hydrogen (secondary N) is 1. The van der Waals surface area contributed by atoms with Crippen LogP contribution in [0.25, 0.3) is 0 Å². The van der Waals surface area contributed by atoms with Crippen LogP contribution in [0.5, 0.6) is 0 Å². The van der Waals surface area contributed by atoms with E-state index in [1.807, 2.05) is 7.05 Å². The number of hydrogen-bond acceptors (Lipinski definition) is 4. The maximum Gasteiger partial charge on any atom is 0.129 e. The molecule has 1 aromatic rings. The van der Waals surface area contributed by atoms with Crippen molar-refractivity contribution in [3.8, 4) is 0 Å². The summed E-state index contributed by atoms with van der Waals surface area (Å²) in [5.41, 5.74) is 2.52. The van der Waals surface area contributed by atoms with Crippen LogP contribution in [0.4, 0.5) is 5.82 Å². The van der Waals surface area contributed by atoms with E-state index in [0.29, 0.717) is 6.04 Å². The third-order valence-electron chi connectivity index (χ3n) is 3.79. The fraction of sp³-hybridized carbons (Fsp3) is 0.667. The molecule has 0 amide bonds. The average molecular weight is 262 g/mol. The molecule has 1 saturated heterocycles.